The summed E-state index contributed by atoms with van der Waals surface area (Å²) >= 11 is 1.72. The quantitative estimate of drug-likeness (QED) is 0.841. The molecule has 1 aliphatic carbocycles. The predicted octanol–water partition coefficient (Wildman–Crippen LogP) is 3.74. The maximum atomic E-state index is 12.5. The summed E-state index contributed by atoms with van der Waals surface area (Å²) in [6.07, 6.45) is 3.98. The van der Waals surface area contributed by atoms with Gasteiger partial charge in [0.05, 0.1) is 6.61 Å². The molecule has 0 amide bonds. The third kappa shape index (κ3) is 3.61. The maximum absolute atomic E-state index is 12.5. The van der Waals surface area contributed by atoms with Crippen LogP contribution in [0, 0.1) is 5.41 Å². The molecule has 0 spiro atoms. The summed E-state index contributed by atoms with van der Waals surface area (Å²) in [6, 6.07) is 4.15. The molecule has 0 aliphatic heterocycles. The summed E-state index contributed by atoms with van der Waals surface area (Å²) in [6.45, 7) is 7.55. The van der Waals surface area contributed by atoms with Gasteiger partial charge in [-0.15, -0.1) is 11.3 Å². The van der Waals surface area contributed by atoms with E-state index in [4.69, 9.17) is 4.74 Å². The number of hydrogen-bond donors (Lipinski definition) is 1. The number of rotatable bonds is 5. The molecule has 112 valence electrons. The van der Waals surface area contributed by atoms with Crippen LogP contribution in [0.5, 0.6) is 0 Å². The summed E-state index contributed by atoms with van der Waals surface area (Å²) in [5.41, 5.74) is -0.324. The molecule has 3 nitrogen and oxygen atoms in total. The molecule has 1 aromatic rings. The third-order valence-corrected chi connectivity index (χ3v) is 4.96. The molecule has 1 aliphatic rings. The van der Waals surface area contributed by atoms with Crippen LogP contribution >= 0.6 is 11.3 Å². The smallest absolute Gasteiger partial charge is 0.326 e. The van der Waals surface area contributed by atoms with E-state index >= 15 is 0 Å². The maximum Gasteiger partial charge on any atom is 0.326 e. The van der Waals surface area contributed by atoms with Gasteiger partial charge in [-0.3, -0.25) is 10.1 Å². The van der Waals surface area contributed by atoms with Gasteiger partial charge in [0.25, 0.3) is 0 Å². The van der Waals surface area contributed by atoms with Gasteiger partial charge in [0.15, 0.2) is 0 Å². The molecule has 0 bridgehead atoms. The van der Waals surface area contributed by atoms with E-state index in [9.17, 15) is 4.79 Å². The molecule has 0 radical (unpaired) electrons. The summed E-state index contributed by atoms with van der Waals surface area (Å²) in [5, 5.41) is 5.58. The molecule has 1 saturated carbocycles. The van der Waals surface area contributed by atoms with Crippen LogP contribution in [0.25, 0.3) is 0 Å². The summed E-state index contributed by atoms with van der Waals surface area (Å²) < 4.78 is 5.35. The Balaban J connectivity index is 2.13. The van der Waals surface area contributed by atoms with Crippen molar-refractivity contribution >= 4 is 17.3 Å². The number of esters is 1. The average Bonchev–Trinajstić information content (AvgIpc) is 2.88. The van der Waals surface area contributed by atoms with Crippen LogP contribution in [-0.4, -0.2) is 18.1 Å². The van der Waals surface area contributed by atoms with Crippen molar-refractivity contribution in [3.8, 4) is 0 Å². The molecule has 4 heteroatoms. The fraction of sp³-hybridized carbons (Fsp3) is 0.688. The number of carbonyl (C=O) groups excluding carboxylic acids is 1. The largest absolute Gasteiger partial charge is 0.465 e. The second-order valence-corrected chi connectivity index (χ2v) is 7.46. The zero-order valence-corrected chi connectivity index (χ0v) is 13.5. The number of nitrogens with one attached hydrogen (secondary N) is 1. The van der Waals surface area contributed by atoms with Crippen LogP contribution in [0.2, 0.25) is 0 Å². The van der Waals surface area contributed by atoms with Crippen molar-refractivity contribution in [2.24, 2.45) is 5.41 Å². The minimum atomic E-state index is -0.512. The topological polar surface area (TPSA) is 38.3 Å². The van der Waals surface area contributed by atoms with Crippen LogP contribution in [0.3, 0.4) is 0 Å². The first-order valence-corrected chi connectivity index (χ1v) is 8.30. The first kappa shape index (κ1) is 15.5. The molecule has 1 aromatic heterocycles. The molecule has 1 atom stereocenters. The minimum absolute atomic E-state index is 0.0793. The van der Waals surface area contributed by atoms with Gasteiger partial charge in [-0.05, 0) is 43.0 Å². The van der Waals surface area contributed by atoms with E-state index in [1.54, 1.807) is 11.3 Å². The van der Waals surface area contributed by atoms with Gasteiger partial charge in [0, 0.05) is 11.4 Å². The van der Waals surface area contributed by atoms with Crippen LogP contribution in [-0.2, 0) is 16.1 Å². The van der Waals surface area contributed by atoms with Crippen molar-refractivity contribution in [3.63, 3.8) is 0 Å². The lowest BCUT2D eigenvalue weighted by atomic mass is 9.68. The van der Waals surface area contributed by atoms with Crippen molar-refractivity contribution in [1.82, 2.24) is 5.32 Å². The van der Waals surface area contributed by atoms with Gasteiger partial charge >= 0.3 is 5.97 Å². The van der Waals surface area contributed by atoms with E-state index in [2.05, 4.69) is 30.6 Å². The highest BCUT2D eigenvalue weighted by atomic mass is 32.1. The first-order chi connectivity index (χ1) is 9.47. The van der Waals surface area contributed by atoms with E-state index in [0.717, 1.165) is 25.8 Å². The Labute approximate surface area is 125 Å². The lowest BCUT2D eigenvalue weighted by Gasteiger charge is -2.43. The lowest BCUT2D eigenvalue weighted by Crippen LogP contribution is -2.56. The summed E-state index contributed by atoms with van der Waals surface area (Å²) in [7, 11) is 0. The second kappa shape index (κ2) is 6.27. The van der Waals surface area contributed by atoms with E-state index in [0.29, 0.717) is 6.61 Å². The van der Waals surface area contributed by atoms with Crippen LogP contribution in [0.1, 0.15) is 51.3 Å². The Bertz CT molecular complexity index is 441. The van der Waals surface area contributed by atoms with Crippen molar-refractivity contribution < 1.29 is 9.53 Å². The number of carbonyl (C=O) groups is 1. The van der Waals surface area contributed by atoms with Crippen LogP contribution < -0.4 is 5.32 Å². The Morgan fingerprint density at radius 2 is 2.25 bits per heavy atom. The highest BCUT2D eigenvalue weighted by molar-refractivity contribution is 7.09. The Morgan fingerprint density at radius 1 is 1.45 bits per heavy atom. The van der Waals surface area contributed by atoms with E-state index in [1.165, 1.54) is 11.3 Å². The van der Waals surface area contributed by atoms with Gasteiger partial charge in [-0.2, -0.15) is 0 Å². The van der Waals surface area contributed by atoms with Crippen molar-refractivity contribution in [2.45, 2.75) is 58.5 Å². The van der Waals surface area contributed by atoms with Crippen molar-refractivity contribution in [3.05, 3.63) is 22.4 Å². The molecule has 1 heterocycles. The molecule has 0 aromatic carbocycles. The number of thiophene rings is 1. The molecule has 1 fully saturated rings. The van der Waals surface area contributed by atoms with E-state index < -0.39 is 5.54 Å². The van der Waals surface area contributed by atoms with Gasteiger partial charge in [-0.25, -0.2) is 0 Å². The van der Waals surface area contributed by atoms with Gasteiger partial charge in [0.2, 0.25) is 0 Å². The molecule has 2 rings (SSSR count). The summed E-state index contributed by atoms with van der Waals surface area (Å²) in [5.74, 6) is -0.0793. The van der Waals surface area contributed by atoms with Crippen LogP contribution in [0.15, 0.2) is 17.5 Å². The zero-order valence-electron chi connectivity index (χ0n) is 12.7. The Kier molecular flexibility index (Phi) is 4.86. The van der Waals surface area contributed by atoms with Gasteiger partial charge in [0.1, 0.15) is 5.54 Å². The molecule has 1 unspecified atom stereocenters. The molecule has 20 heavy (non-hydrogen) atoms. The third-order valence-electron chi connectivity index (χ3n) is 4.08. The molecule has 1 N–H and O–H groups in total. The van der Waals surface area contributed by atoms with Crippen molar-refractivity contribution in [2.75, 3.05) is 6.61 Å². The van der Waals surface area contributed by atoms with Crippen LogP contribution in [0.4, 0.5) is 0 Å². The van der Waals surface area contributed by atoms with Crippen molar-refractivity contribution in [1.29, 1.82) is 0 Å². The van der Waals surface area contributed by atoms with E-state index in [1.807, 2.05) is 13.0 Å². The highest BCUT2D eigenvalue weighted by Gasteiger charge is 2.46. The molecule has 0 saturated heterocycles. The molecular formula is C16H25NO2S. The lowest BCUT2D eigenvalue weighted by molar-refractivity contribution is -0.154. The number of hydrogen-bond acceptors (Lipinski definition) is 4. The Morgan fingerprint density at radius 3 is 2.85 bits per heavy atom. The Hall–Kier alpha value is -0.870. The fourth-order valence-electron chi connectivity index (χ4n) is 3.20. The average molecular weight is 295 g/mol. The van der Waals surface area contributed by atoms with Gasteiger partial charge < -0.3 is 4.74 Å². The standard InChI is InChI=1S/C16H25NO2S/c1-4-19-14(18)16(9-6-8-15(2,3)12-16)17-11-13-7-5-10-20-13/h5,7,10,17H,4,6,8-9,11-12H2,1-3H3. The zero-order chi connectivity index (χ0) is 14.6. The minimum Gasteiger partial charge on any atom is -0.465 e. The van der Waals surface area contributed by atoms with E-state index in [-0.39, 0.29) is 11.4 Å². The monoisotopic (exact) mass is 295 g/mol. The van der Waals surface area contributed by atoms with Gasteiger partial charge in [-0.1, -0.05) is 26.3 Å². The SMILES string of the molecule is CCOC(=O)C1(NCc2cccs2)CCCC(C)(C)C1. The summed E-state index contributed by atoms with van der Waals surface area (Å²) in [4.78, 5) is 13.7. The first-order valence-electron chi connectivity index (χ1n) is 7.42. The molecular weight excluding hydrogens is 270 g/mol. The highest BCUT2D eigenvalue weighted by Crippen LogP contribution is 2.41. The second-order valence-electron chi connectivity index (χ2n) is 6.43. The predicted molar refractivity (Wildman–Crippen MR) is 82.8 cm³/mol. The number of ether oxygens (including phenoxy) is 1. The fourth-order valence-corrected chi connectivity index (χ4v) is 3.84. The normalized spacial score (nSPS) is 25.4.